The number of rotatable bonds is 4. The van der Waals surface area contributed by atoms with E-state index in [0.29, 0.717) is 12.0 Å². The van der Waals surface area contributed by atoms with Crippen molar-refractivity contribution >= 4 is 0 Å². The van der Waals surface area contributed by atoms with Crippen molar-refractivity contribution in [3.8, 4) is 0 Å². The van der Waals surface area contributed by atoms with E-state index in [1.54, 1.807) is 0 Å². The third-order valence-electron chi connectivity index (χ3n) is 2.86. The van der Waals surface area contributed by atoms with Gasteiger partial charge in [0, 0.05) is 18.6 Å². The first kappa shape index (κ1) is 9.44. The third-order valence-corrected chi connectivity index (χ3v) is 2.86. The van der Waals surface area contributed by atoms with Gasteiger partial charge in [-0.2, -0.15) is 0 Å². The quantitative estimate of drug-likeness (QED) is 0.702. The summed E-state index contributed by atoms with van der Waals surface area (Å²) in [5.41, 5.74) is 0. The topological polar surface area (TPSA) is 30.5 Å². The molecule has 0 radical (unpaired) electrons. The van der Waals surface area contributed by atoms with E-state index in [4.69, 9.17) is 9.47 Å². The highest BCUT2D eigenvalue weighted by molar-refractivity contribution is 4.73. The molecule has 3 heteroatoms. The molecule has 2 rings (SSSR count). The SMILES string of the molecule is C1CNC(COCC2CCOC2)C1. The Bertz CT molecular complexity index is 124. The van der Waals surface area contributed by atoms with E-state index in [1.807, 2.05) is 0 Å². The molecule has 2 saturated heterocycles. The Morgan fingerprint density at radius 2 is 2.31 bits per heavy atom. The van der Waals surface area contributed by atoms with Gasteiger partial charge in [0.2, 0.25) is 0 Å². The first-order chi connectivity index (χ1) is 6.45. The molecule has 76 valence electrons. The molecular weight excluding hydrogens is 166 g/mol. The van der Waals surface area contributed by atoms with Crippen LogP contribution in [0.25, 0.3) is 0 Å². The summed E-state index contributed by atoms with van der Waals surface area (Å²) in [7, 11) is 0. The number of ether oxygens (including phenoxy) is 2. The molecule has 3 nitrogen and oxygen atoms in total. The summed E-state index contributed by atoms with van der Waals surface area (Å²) in [6, 6.07) is 0.613. The van der Waals surface area contributed by atoms with Gasteiger partial charge in [0.1, 0.15) is 0 Å². The zero-order chi connectivity index (χ0) is 8.93. The van der Waals surface area contributed by atoms with Crippen LogP contribution in [0.4, 0.5) is 0 Å². The molecule has 0 amide bonds. The third kappa shape index (κ3) is 2.93. The van der Waals surface area contributed by atoms with Gasteiger partial charge in [-0.25, -0.2) is 0 Å². The lowest BCUT2D eigenvalue weighted by molar-refractivity contribution is 0.0778. The minimum absolute atomic E-state index is 0.613. The molecule has 2 fully saturated rings. The lowest BCUT2D eigenvalue weighted by Crippen LogP contribution is -2.27. The van der Waals surface area contributed by atoms with Gasteiger partial charge >= 0.3 is 0 Å². The Morgan fingerprint density at radius 3 is 3.00 bits per heavy atom. The molecule has 2 aliphatic heterocycles. The monoisotopic (exact) mass is 185 g/mol. The smallest absolute Gasteiger partial charge is 0.0619 e. The molecule has 2 aliphatic rings. The largest absolute Gasteiger partial charge is 0.381 e. The molecule has 2 unspecified atom stereocenters. The number of nitrogens with one attached hydrogen (secondary N) is 1. The molecule has 0 aliphatic carbocycles. The summed E-state index contributed by atoms with van der Waals surface area (Å²) in [5.74, 6) is 0.654. The van der Waals surface area contributed by atoms with Crippen molar-refractivity contribution in [2.24, 2.45) is 5.92 Å². The van der Waals surface area contributed by atoms with Gasteiger partial charge in [0.15, 0.2) is 0 Å². The van der Waals surface area contributed by atoms with E-state index in [0.717, 1.165) is 26.4 Å². The molecule has 0 aromatic heterocycles. The molecule has 1 N–H and O–H groups in total. The van der Waals surface area contributed by atoms with Crippen LogP contribution in [0, 0.1) is 5.92 Å². The van der Waals surface area contributed by atoms with Crippen LogP contribution in [0.3, 0.4) is 0 Å². The second kappa shape index (κ2) is 4.94. The number of hydrogen-bond acceptors (Lipinski definition) is 3. The Kier molecular flexibility index (Phi) is 3.58. The predicted octanol–water partition coefficient (Wildman–Crippen LogP) is 0.791. The maximum absolute atomic E-state index is 5.66. The normalized spacial score (nSPS) is 34.2. The van der Waals surface area contributed by atoms with Crippen LogP contribution < -0.4 is 5.32 Å². The van der Waals surface area contributed by atoms with Crippen molar-refractivity contribution in [2.45, 2.75) is 25.3 Å². The Hall–Kier alpha value is -0.120. The molecular formula is C10H19NO2. The molecule has 0 bridgehead atoms. The average molecular weight is 185 g/mol. The van der Waals surface area contributed by atoms with Gasteiger partial charge in [-0.1, -0.05) is 0 Å². The fourth-order valence-corrected chi connectivity index (χ4v) is 1.99. The van der Waals surface area contributed by atoms with Crippen LogP contribution in [0.1, 0.15) is 19.3 Å². The molecule has 2 heterocycles. The Balaban J connectivity index is 1.52. The van der Waals surface area contributed by atoms with Crippen molar-refractivity contribution in [1.29, 1.82) is 0 Å². The van der Waals surface area contributed by atoms with Crippen LogP contribution in [-0.4, -0.2) is 39.0 Å². The molecule has 13 heavy (non-hydrogen) atoms. The van der Waals surface area contributed by atoms with E-state index in [1.165, 1.54) is 25.8 Å². The van der Waals surface area contributed by atoms with E-state index in [9.17, 15) is 0 Å². The zero-order valence-electron chi connectivity index (χ0n) is 8.13. The summed E-state index contributed by atoms with van der Waals surface area (Å²) in [6.45, 7) is 4.77. The van der Waals surface area contributed by atoms with Gasteiger partial charge in [0.25, 0.3) is 0 Å². The van der Waals surface area contributed by atoms with Crippen molar-refractivity contribution in [2.75, 3.05) is 33.0 Å². The van der Waals surface area contributed by atoms with E-state index in [2.05, 4.69) is 5.32 Å². The second-order valence-electron chi connectivity index (χ2n) is 4.06. The molecule has 0 spiro atoms. The van der Waals surface area contributed by atoms with E-state index < -0.39 is 0 Å². The highest BCUT2D eigenvalue weighted by Gasteiger charge is 2.18. The molecule has 0 aromatic carbocycles. The van der Waals surface area contributed by atoms with Gasteiger partial charge in [-0.3, -0.25) is 0 Å². The molecule has 0 saturated carbocycles. The lowest BCUT2D eigenvalue weighted by Gasteiger charge is -2.12. The zero-order valence-corrected chi connectivity index (χ0v) is 8.13. The predicted molar refractivity (Wildman–Crippen MR) is 50.8 cm³/mol. The van der Waals surface area contributed by atoms with E-state index >= 15 is 0 Å². The van der Waals surface area contributed by atoms with Crippen molar-refractivity contribution in [3.05, 3.63) is 0 Å². The first-order valence-electron chi connectivity index (χ1n) is 5.34. The van der Waals surface area contributed by atoms with Crippen LogP contribution in [0.15, 0.2) is 0 Å². The molecule has 0 aromatic rings. The fourth-order valence-electron chi connectivity index (χ4n) is 1.99. The van der Waals surface area contributed by atoms with Crippen LogP contribution in [0.2, 0.25) is 0 Å². The summed E-state index contributed by atoms with van der Waals surface area (Å²) in [4.78, 5) is 0. The lowest BCUT2D eigenvalue weighted by atomic mass is 10.1. The van der Waals surface area contributed by atoms with Crippen molar-refractivity contribution < 1.29 is 9.47 Å². The highest BCUT2D eigenvalue weighted by Crippen LogP contribution is 2.13. The fraction of sp³-hybridized carbons (Fsp3) is 1.00. The van der Waals surface area contributed by atoms with Gasteiger partial charge in [0.05, 0.1) is 19.8 Å². The maximum atomic E-state index is 5.66. The summed E-state index contributed by atoms with van der Waals surface area (Å²) in [6.07, 6.45) is 3.76. The first-order valence-corrected chi connectivity index (χ1v) is 5.34. The van der Waals surface area contributed by atoms with Crippen molar-refractivity contribution in [1.82, 2.24) is 5.32 Å². The van der Waals surface area contributed by atoms with Crippen LogP contribution in [0.5, 0.6) is 0 Å². The maximum Gasteiger partial charge on any atom is 0.0619 e. The van der Waals surface area contributed by atoms with Crippen LogP contribution >= 0.6 is 0 Å². The average Bonchev–Trinajstić information content (AvgIpc) is 2.75. The molecule has 2 atom stereocenters. The Morgan fingerprint density at radius 1 is 1.31 bits per heavy atom. The van der Waals surface area contributed by atoms with Gasteiger partial charge < -0.3 is 14.8 Å². The van der Waals surface area contributed by atoms with E-state index in [-0.39, 0.29) is 0 Å². The van der Waals surface area contributed by atoms with Gasteiger partial charge in [-0.05, 0) is 25.8 Å². The summed E-state index contributed by atoms with van der Waals surface area (Å²) in [5, 5.41) is 3.43. The summed E-state index contributed by atoms with van der Waals surface area (Å²) < 4.78 is 10.9. The number of hydrogen-bond donors (Lipinski definition) is 1. The second-order valence-corrected chi connectivity index (χ2v) is 4.06. The van der Waals surface area contributed by atoms with Crippen molar-refractivity contribution in [3.63, 3.8) is 0 Å². The standard InChI is InChI=1S/C10H19NO2/c1-2-10(11-4-1)8-13-7-9-3-5-12-6-9/h9-11H,1-8H2. The summed E-state index contributed by atoms with van der Waals surface area (Å²) >= 11 is 0. The minimum Gasteiger partial charge on any atom is -0.381 e. The minimum atomic E-state index is 0.613. The van der Waals surface area contributed by atoms with Crippen LogP contribution in [-0.2, 0) is 9.47 Å². The Labute approximate surface area is 79.8 Å². The van der Waals surface area contributed by atoms with Gasteiger partial charge in [-0.15, -0.1) is 0 Å². The highest BCUT2D eigenvalue weighted by atomic mass is 16.5.